The molecule has 0 heterocycles. The van der Waals surface area contributed by atoms with Gasteiger partial charge in [-0.3, -0.25) is 9.59 Å². The summed E-state index contributed by atoms with van der Waals surface area (Å²) in [4.78, 5) is 21.3. The number of ether oxygens (including phenoxy) is 1. The number of methoxy groups -OCH3 is 1. The first-order valence-corrected chi connectivity index (χ1v) is 3.70. The van der Waals surface area contributed by atoms with Crippen LogP contribution in [0.25, 0.3) is 0 Å². The minimum atomic E-state index is -0.963. The van der Waals surface area contributed by atoms with Gasteiger partial charge in [0.1, 0.15) is 5.60 Å². The summed E-state index contributed by atoms with van der Waals surface area (Å²) in [6, 6.07) is 0. The molecule has 4 heteroatoms. The predicted octanol–water partition coefficient (Wildman–Crippen LogP) is 0.845. The van der Waals surface area contributed by atoms with Crippen LogP contribution in [0.15, 0.2) is 0 Å². The van der Waals surface area contributed by atoms with Crippen molar-refractivity contribution in [1.29, 1.82) is 0 Å². The number of carboxylic acids is 1. The molecule has 0 saturated carbocycles. The maximum atomic E-state index is 11.2. The van der Waals surface area contributed by atoms with E-state index in [0.29, 0.717) is 0 Å². The zero-order valence-electron chi connectivity index (χ0n) is 7.59. The smallest absolute Gasteiger partial charge is 0.303 e. The third-order valence-electron chi connectivity index (χ3n) is 1.75. The topological polar surface area (TPSA) is 63.6 Å². The second-order valence-electron chi connectivity index (χ2n) is 3.03. The van der Waals surface area contributed by atoms with Crippen LogP contribution in [0, 0.1) is 0 Å². The monoisotopic (exact) mass is 174 g/mol. The van der Waals surface area contributed by atoms with E-state index < -0.39 is 11.6 Å². The average Bonchev–Trinajstić information content (AvgIpc) is 2.00. The third-order valence-corrected chi connectivity index (χ3v) is 1.75. The molecule has 0 spiro atoms. The van der Waals surface area contributed by atoms with Crippen molar-refractivity contribution in [1.82, 2.24) is 0 Å². The number of ketones is 1. The Hall–Kier alpha value is -0.900. The van der Waals surface area contributed by atoms with Crippen LogP contribution in [0.3, 0.4) is 0 Å². The Morgan fingerprint density at radius 2 is 1.83 bits per heavy atom. The molecule has 1 N–H and O–H groups in total. The molecule has 0 aromatic heterocycles. The van der Waals surface area contributed by atoms with Gasteiger partial charge in [-0.25, -0.2) is 0 Å². The van der Waals surface area contributed by atoms with Gasteiger partial charge >= 0.3 is 5.97 Å². The summed E-state index contributed by atoms with van der Waals surface area (Å²) in [6.07, 6.45) is -0.109. The molecule has 0 unspecified atom stereocenters. The van der Waals surface area contributed by atoms with Crippen LogP contribution in [0.5, 0.6) is 0 Å². The zero-order chi connectivity index (χ0) is 9.78. The lowest BCUT2D eigenvalue weighted by Crippen LogP contribution is -2.33. The molecule has 0 saturated heterocycles. The van der Waals surface area contributed by atoms with Gasteiger partial charge < -0.3 is 9.84 Å². The second kappa shape index (κ2) is 4.21. The molecule has 12 heavy (non-hydrogen) atoms. The minimum Gasteiger partial charge on any atom is -0.481 e. The molecule has 0 fully saturated rings. The molecular weight excluding hydrogens is 160 g/mol. The largest absolute Gasteiger partial charge is 0.481 e. The van der Waals surface area contributed by atoms with Crippen molar-refractivity contribution < 1.29 is 19.4 Å². The summed E-state index contributed by atoms with van der Waals surface area (Å²) in [5, 5.41) is 8.31. The van der Waals surface area contributed by atoms with Crippen LogP contribution < -0.4 is 0 Å². The summed E-state index contributed by atoms with van der Waals surface area (Å²) < 4.78 is 4.89. The van der Waals surface area contributed by atoms with Gasteiger partial charge in [0.2, 0.25) is 0 Å². The maximum absolute atomic E-state index is 11.2. The van der Waals surface area contributed by atoms with Gasteiger partial charge in [-0.1, -0.05) is 0 Å². The number of carboxylic acid groups (broad SMARTS) is 1. The van der Waals surface area contributed by atoms with Crippen LogP contribution in [0.1, 0.15) is 26.7 Å². The fourth-order valence-electron chi connectivity index (χ4n) is 0.635. The lowest BCUT2D eigenvalue weighted by Gasteiger charge is -2.20. The molecule has 70 valence electrons. The Bertz CT molecular complexity index is 183. The molecule has 0 radical (unpaired) electrons. The number of carbonyl (C=O) groups is 2. The lowest BCUT2D eigenvalue weighted by atomic mass is 9.99. The Morgan fingerprint density at radius 3 is 2.17 bits per heavy atom. The van der Waals surface area contributed by atoms with E-state index in [2.05, 4.69) is 0 Å². The quantitative estimate of drug-likeness (QED) is 0.671. The minimum absolute atomic E-state index is 0.0240. The predicted molar refractivity (Wildman–Crippen MR) is 43.0 cm³/mol. The van der Waals surface area contributed by atoms with E-state index in [1.54, 1.807) is 13.8 Å². The van der Waals surface area contributed by atoms with Crippen LogP contribution in [-0.4, -0.2) is 29.6 Å². The highest BCUT2D eigenvalue weighted by molar-refractivity contribution is 5.88. The van der Waals surface area contributed by atoms with E-state index in [1.807, 2.05) is 0 Å². The van der Waals surface area contributed by atoms with Crippen LogP contribution in [-0.2, 0) is 14.3 Å². The maximum Gasteiger partial charge on any atom is 0.303 e. The fourth-order valence-corrected chi connectivity index (χ4v) is 0.635. The van der Waals surface area contributed by atoms with Crippen LogP contribution >= 0.6 is 0 Å². The van der Waals surface area contributed by atoms with Crippen molar-refractivity contribution in [3.05, 3.63) is 0 Å². The number of rotatable bonds is 5. The molecule has 0 bridgehead atoms. The van der Waals surface area contributed by atoms with Gasteiger partial charge in [-0.05, 0) is 13.8 Å². The summed E-state index contributed by atoms with van der Waals surface area (Å²) >= 11 is 0. The summed E-state index contributed by atoms with van der Waals surface area (Å²) in [5.41, 5.74) is -0.866. The molecule has 0 aromatic carbocycles. The van der Waals surface area contributed by atoms with Crippen molar-refractivity contribution in [2.45, 2.75) is 32.3 Å². The molecule has 0 aliphatic carbocycles. The van der Waals surface area contributed by atoms with Crippen molar-refractivity contribution in [2.75, 3.05) is 7.11 Å². The Labute approximate surface area is 71.5 Å². The van der Waals surface area contributed by atoms with Crippen molar-refractivity contribution in [2.24, 2.45) is 0 Å². The van der Waals surface area contributed by atoms with E-state index >= 15 is 0 Å². The Kier molecular flexibility index (Phi) is 3.89. The molecule has 0 rings (SSSR count). The van der Waals surface area contributed by atoms with Gasteiger partial charge in [0.15, 0.2) is 5.78 Å². The van der Waals surface area contributed by atoms with Crippen molar-refractivity contribution in [3.63, 3.8) is 0 Å². The van der Waals surface area contributed by atoms with E-state index in [4.69, 9.17) is 9.84 Å². The summed E-state index contributed by atoms with van der Waals surface area (Å²) in [5.74, 6) is -1.15. The highest BCUT2D eigenvalue weighted by Crippen LogP contribution is 2.12. The lowest BCUT2D eigenvalue weighted by molar-refractivity contribution is -0.143. The highest BCUT2D eigenvalue weighted by atomic mass is 16.5. The second-order valence-corrected chi connectivity index (χ2v) is 3.03. The van der Waals surface area contributed by atoms with E-state index in [-0.39, 0.29) is 18.6 Å². The number of hydrogen-bond donors (Lipinski definition) is 1. The molecule has 0 aromatic rings. The number of carbonyl (C=O) groups excluding carboxylic acids is 1. The first-order valence-electron chi connectivity index (χ1n) is 3.70. The number of Topliss-reactive ketones (excluding diaryl/α,β-unsaturated/α-hetero) is 1. The summed E-state index contributed by atoms with van der Waals surface area (Å²) in [6.45, 7) is 3.24. The van der Waals surface area contributed by atoms with Crippen molar-refractivity contribution in [3.8, 4) is 0 Å². The van der Waals surface area contributed by atoms with Gasteiger partial charge in [-0.2, -0.15) is 0 Å². The number of aliphatic carboxylic acids is 1. The van der Waals surface area contributed by atoms with Crippen LogP contribution in [0.4, 0.5) is 0 Å². The van der Waals surface area contributed by atoms with Crippen molar-refractivity contribution >= 4 is 11.8 Å². The van der Waals surface area contributed by atoms with Gasteiger partial charge in [0, 0.05) is 13.5 Å². The zero-order valence-corrected chi connectivity index (χ0v) is 7.59. The Balaban J connectivity index is 3.96. The molecule has 0 aliphatic heterocycles. The molecule has 0 amide bonds. The third kappa shape index (κ3) is 3.48. The Morgan fingerprint density at radius 1 is 1.33 bits per heavy atom. The standard InChI is InChI=1S/C8H14O4/c1-8(2,12-3)6(9)4-5-7(10)11/h4-5H2,1-3H3,(H,10,11). The molecule has 4 nitrogen and oxygen atoms in total. The van der Waals surface area contributed by atoms with Gasteiger partial charge in [0.25, 0.3) is 0 Å². The highest BCUT2D eigenvalue weighted by Gasteiger charge is 2.26. The first kappa shape index (κ1) is 11.1. The number of hydrogen-bond acceptors (Lipinski definition) is 3. The van der Waals surface area contributed by atoms with E-state index in [0.717, 1.165) is 0 Å². The average molecular weight is 174 g/mol. The van der Waals surface area contributed by atoms with E-state index in [9.17, 15) is 9.59 Å². The normalized spacial score (nSPS) is 11.2. The van der Waals surface area contributed by atoms with Gasteiger partial charge in [0.05, 0.1) is 6.42 Å². The van der Waals surface area contributed by atoms with Gasteiger partial charge in [-0.15, -0.1) is 0 Å². The summed E-state index contributed by atoms with van der Waals surface area (Å²) in [7, 11) is 1.43. The fraction of sp³-hybridized carbons (Fsp3) is 0.750. The molecule has 0 atom stereocenters. The van der Waals surface area contributed by atoms with Crippen LogP contribution in [0.2, 0.25) is 0 Å². The molecular formula is C8H14O4. The SMILES string of the molecule is COC(C)(C)C(=O)CCC(=O)O. The first-order chi connectivity index (χ1) is 5.40. The molecule has 0 aliphatic rings. The van der Waals surface area contributed by atoms with E-state index in [1.165, 1.54) is 7.11 Å².